The largest absolute Gasteiger partial charge is 0.103 e. The Bertz CT molecular complexity index is 449. The molecule has 0 N–H and O–H groups in total. The van der Waals surface area contributed by atoms with Gasteiger partial charge in [0.1, 0.15) is 0 Å². The third-order valence-electron chi connectivity index (χ3n) is 3.36. The molecule has 1 aromatic carbocycles. The zero-order chi connectivity index (χ0) is 13.0. The van der Waals surface area contributed by atoms with Crippen LogP contribution in [0.2, 0.25) is 0 Å². The lowest BCUT2D eigenvalue weighted by atomic mass is 9.88. The first kappa shape index (κ1) is 14.3. The fraction of sp³-hybridized carbons (Fsp3) is 0.500. The van der Waals surface area contributed by atoms with E-state index in [1.165, 1.54) is 21.2 Å². The molecule has 1 heteroatoms. The second-order valence-corrected chi connectivity index (χ2v) is 5.56. The van der Waals surface area contributed by atoms with Crippen LogP contribution >= 0.6 is 15.9 Å². The Morgan fingerprint density at radius 2 is 1.76 bits per heavy atom. The van der Waals surface area contributed by atoms with Gasteiger partial charge in [-0.05, 0) is 42.5 Å². The minimum absolute atomic E-state index is 0.397. The molecule has 0 aliphatic carbocycles. The van der Waals surface area contributed by atoms with Crippen LogP contribution in [0.25, 0.3) is 0 Å². The van der Waals surface area contributed by atoms with Gasteiger partial charge in [-0.25, -0.2) is 0 Å². The molecule has 1 aromatic rings. The zero-order valence-corrected chi connectivity index (χ0v) is 13.0. The van der Waals surface area contributed by atoms with E-state index in [1.54, 1.807) is 0 Å². The van der Waals surface area contributed by atoms with E-state index in [0.717, 1.165) is 6.42 Å². The van der Waals surface area contributed by atoms with Crippen LogP contribution in [0.15, 0.2) is 16.6 Å². The molecule has 92 valence electrons. The maximum absolute atomic E-state index is 3.67. The summed E-state index contributed by atoms with van der Waals surface area (Å²) < 4.78 is 1.21. The topological polar surface area (TPSA) is 0 Å². The summed E-state index contributed by atoms with van der Waals surface area (Å²) in [5.41, 5.74) is 4.05. The van der Waals surface area contributed by atoms with Crippen molar-refractivity contribution in [3.05, 3.63) is 33.3 Å². The molecule has 17 heavy (non-hydrogen) atoms. The zero-order valence-electron chi connectivity index (χ0n) is 11.4. The van der Waals surface area contributed by atoms with E-state index in [9.17, 15) is 0 Å². The van der Waals surface area contributed by atoms with Gasteiger partial charge in [0.25, 0.3) is 0 Å². The SMILES string of the molecule is CCC#CC(C)C(C)c1cc(C)c(C)cc1Br. The van der Waals surface area contributed by atoms with Gasteiger partial charge in [-0.3, -0.25) is 0 Å². The molecule has 1 rings (SSSR count). The molecule has 0 bridgehead atoms. The summed E-state index contributed by atoms with van der Waals surface area (Å²) >= 11 is 3.67. The quantitative estimate of drug-likeness (QED) is 0.656. The van der Waals surface area contributed by atoms with E-state index in [0.29, 0.717) is 11.8 Å². The smallest absolute Gasteiger partial charge is 0.0240 e. The third kappa shape index (κ3) is 3.61. The first-order valence-corrected chi connectivity index (χ1v) is 7.01. The van der Waals surface area contributed by atoms with Crippen LogP contribution in [0.1, 0.15) is 49.8 Å². The first-order chi connectivity index (χ1) is 7.97. The van der Waals surface area contributed by atoms with Crippen molar-refractivity contribution in [3.8, 4) is 11.8 Å². The van der Waals surface area contributed by atoms with Crippen molar-refractivity contribution in [2.75, 3.05) is 0 Å². The van der Waals surface area contributed by atoms with Gasteiger partial charge in [0.2, 0.25) is 0 Å². The lowest BCUT2D eigenvalue weighted by molar-refractivity contribution is 0.607. The Morgan fingerprint density at radius 1 is 1.18 bits per heavy atom. The van der Waals surface area contributed by atoms with Gasteiger partial charge < -0.3 is 0 Å². The molecule has 2 unspecified atom stereocenters. The molecule has 0 spiro atoms. The monoisotopic (exact) mass is 292 g/mol. The van der Waals surface area contributed by atoms with Crippen LogP contribution in [0, 0.1) is 31.6 Å². The first-order valence-electron chi connectivity index (χ1n) is 6.22. The fourth-order valence-corrected chi connectivity index (χ4v) is 2.63. The summed E-state index contributed by atoms with van der Waals surface area (Å²) in [6.45, 7) is 10.9. The summed E-state index contributed by atoms with van der Waals surface area (Å²) in [7, 11) is 0. The minimum atomic E-state index is 0.397. The average Bonchev–Trinajstić information content (AvgIpc) is 2.29. The minimum Gasteiger partial charge on any atom is -0.103 e. The van der Waals surface area contributed by atoms with Gasteiger partial charge in [0.15, 0.2) is 0 Å². The second kappa shape index (κ2) is 6.26. The predicted octanol–water partition coefficient (Wildman–Crippen LogP) is 5.22. The van der Waals surface area contributed by atoms with Crippen molar-refractivity contribution in [1.29, 1.82) is 0 Å². The van der Waals surface area contributed by atoms with Gasteiger partial charge in [0.05, 0.1) is 0 Å². The summed E-state index contributed by atoms with van der Waals surface area (Å²) in [4.78, 5) is 0. The van der Waals surface area contributed by atoms with E-state index in [1.807, 2.05) is 0 Å². The standard InChI is InChI=1S/C16H21Br/c1-6-7-8-11(2)14(5)15-9-12(3)13(4)10-16(15)17/h9-11,14H,6H2,1-5H3. The fourth-order valence-electron chi connectivity index (χ4n) is 1.81. The van der Waals surface area contributed by atoms with Crippen molar-refractivity contribution < 1.29 is 0 Å². The van der Waals surface area contributed by atoms with Gasteiger partial charge in [-0.2, -0.15) is 0 Å². The summed E-state index contributed by atoms with van der Waals surface area (Å²) in [5.74, 6) is 7.36. The van der Waals surface area contributed by atoms with Crippen LogP contribution in [-0.2, 0) is 0 Å². The van der Waals surface area contributed by atoms with Gasteiger partial charge in [-0.15, -0.1) is 5.92 Å². The molecule has 0 nitrogen and oxygen atoms in total. The highest BCUT2D eigenvalue weighted by molar-refractivity contribution is 9.10. The molecule has 0 saturated heterocycles. The maximum atomic E-state index is 3.67. The van der Waals surface area contributed by atoms with Gasteiger partial charge in [0, 0.05) is 16.8 Å². The number of hydrogen-bond donors (Lipinski definition) is 0. The molecule has 2 atom stereocenters. The van der Waals surface area contributed by atoms with Gasteiger partial charge >= 0.3 is 0 Å². The maximum Gasteiger partial charge on any atom is 0.0240 e. The van der Waals surface area contributed by atoms with E-state index in [4.69, 9.17) is 0 Å². The molecule has 0 fully saturated rings. The van der Waals surface area contributed by atoms with Crippen LogP contribution in [0.3, 0.4) is 0 Å². The number of halogens is 1. The Balaban J connectivity index is 3.03. The van der Waals surface area contributed by atoms with E-state index in [-0.39, 0.29) is 0 Å². The molecule has 0 heterocycles. The Hall–Kier alpha value is -0.740. The molecule has 0 aromatic heterocycles. The molecular formula is C16H21Br. The third-order valence-corrected chi connectivity index (χ3v) is 4.05. The molecule has 0 saturated carbocycles. The molecule has 0 aliphatic rings. The molecule has 0 aliphatic heterocycles. The van der Waals surface area contributed by atoms with Crippen LogP contribution < -0.4 is 0 Å². The number of rotatable bonds is 2. The normalized spacial score (nSPS) is 13.8. The summed E-state index contributed by atoms with van der Waals surface area (Å²) in [5, 5.41) is 0. The summed E-state index contributed by atoms with van der Waals surface area (Å²) in [6, 6.07) is 4.50. The van der Waals surface area contributed by atoms with E-state index in [2.05, 4.69) is 74.5 Å². The lowest BCUT2D eigenvalue weighted by Crippen LogP contribution is -2.05. The van der Waals surface area contributed by atoms with E-state index >= 15 is 0 Å². The number of hydrogen-bond acceptors (Lipinski definition) is 0. The van der Waals surface area contributed by atoms with E-state index < -0.39 is 0 Å². The lowest BCUT2D eigenvalue weighted by Gasteiger charge is -2.18. The number of benzene rings is 1. The van der Waals surface area contributed by atoms with Crippen LogP contribution in [0.4, 0.5) is 0 Å². The van der Waals surface area contributed by atoms with Crippen molar-refractivity contribution in [2.24, 2.45) is 5.92 Å². The van der Waals surface area contributed by atoms with Crippen LogP contribution in [0.5, 0.6) is 0 Å². The Kier molecular flexibility index (Phi) is 5.28. The van der Waals surface area contributed by atoms with Gasteiger partial charge in [-0.1, -0.05) is 48.7 Å². The molecule has 0 radical (unpaired) electrons. The Labute approximate surface area is 114 Å². The number of aryl methyl sites for hydroxylation is 2. The molecular weight excluding hydrogens is 272 g/mol. The Morgan fingerprint density at radius 3 is 2.35 bits per heavy atom. The van der Waals surface area contributed by atoms with Crippen molar-refractivity contribution >= 4 is 15.9 Å². The van der Waals surface area contributed by atoms with Crippen molar-refractivity contribution in [3.63, 3.8) is 0 Å². The van der Waals surface area contributed by atoms with Crippen LogP contribution in [-0.4, -0.2) is 0 Å². The molecule has 0 amide bonds. The average molecular weight is 293 g/mol. The van der Waals surface area contributed by atoms with Crippen molar-refractivity contribution in [2.45, 2.75) is 47.0 Å². The predicted molar refractivity (Wildman–Crippen MR) is 79.3 cm³/mol. The second-order valence-electron chi connectivity index (χ2n) is 4.71. The highest BCUT2D eigenvalue weighted by Crippen LogP contribution is 2.32. The highest BCUT2D eigenvalue weighted by Gasteiger charge is 2.15. The van der Waals surface area contributed by atoms with Crippen molar-refractivity contribution in [1.82, 2.24) is 0 Å². The highest BCUT2D eigenvalue weighted by atomic mass is 79.9. The summed E-state index contributed by atoms with van der Waals surface area (Å²) in [6.07, 6.45) is 0.936.